The highest BCUT2D eigenvalue weighted by Crippen LogP contribution is 2.29. The number of rotatable bonds is 5. The van der Waals surface area contributed by atoms with Gasteiger partial charge in [-0.25, -0.2) is 0 Å². The van der Waals surface area contributed by atoms with Crippen molar-refractivity contribution in [2.24, 2.45) is 0 Å². The fourth-order valence-electron chi connectivity index (χ4n) is 2.16. The van der Waals surface area contributed by atoms with Crippen LogP contribution in [0.3, 0.4) is 0 Å². The lowest BCUT2D eigenvalue weighted by molar-refractivity contribution is 0.0250. The Bertz CT molecular complexity index is 408. The van der Waals surface area contributed by atoms with Crippen molar-refractivity contribution in [2.75, 3.05) is 45.3 Å². The van der Waals surface area contributed by atoms with E-state index in [1.807, 2.05) is 6.07 Å². The molecule has 106 valence electrons. The normalized spacial score (nSPS) is 19.2. The van der Waals surface area contributed by atoms with Crippen molar-refractivity contribution in [1.82, 2.24) is 5.32 Å². The van der Waals surface area contributed by atoms with Crippen LogP contribution in [0.5, 0.6) is 5.75 Å². The third-order valence-corrected chi connectivity index (χ3v) is 3.99. The Balaban J connectivity index is 1.88. The Labute approximate surface area is 123 Å². The molecule has 0 radical (unpaired) electrons. The molecule has 1 atom stereocenters. The average molecular weight is 329 g/mol. The van der Waals surface area contributed by atoms with Crippen molar-refractivity contribution in [3.05, 3.63) is 22.7 Å². The number of benzene rings is 1. The van der Waals surface area contributed by atoms with Gasteiger partial charge in [-0.15, -0.1) is 0 Å². The van der Waals surface area contributed by atoms with E-state index in [0.717, 1.165) is 42.9 Å². The van der Waals surface area contributed by atoms with Gasteiger partial charge in [0.1, 0.15) is 5.75 Å². The van der Waals surface area contributed by atoms with Crippen LogP contribution < -0.4 is 15.0 Å². The van der Waals surface area contributed by atoms with E-state index >= 15 is 0 Å². The van der Waals surface area contributed by atoms with E-state index in [-0.39, 0.29) is 0 Å². The van der Waals surface area contributed by atoms with Gasteiger partial charge < -0.3 is 19.7 Å². The van der Waals surface area contributed by atoms with Crippen molar-refractivity contribution in [1.29, 1.82) is 0 Å². The van der Waals surface area contributed by atoms with Crippen molar-refractivity contribution < 1.29 is 9.47 Å². The number of nitrogens with one attached hydrogen (secondary N) is 1. The molecule has 1 unspecified atom stereocenters. The van der Waals surface area contributed by atoms with Crippen LogP contribution in [-0.4, -0.2) is 46.5 Å². The van der Waals surface area contributed by atoms with Gasteiger partial charge in [-0.2, -0.15) is 0 Å². The predicted octanol–water partition coefficient (Wildman–Crippen LogP) is 2.27. The second-order valence-corrected chi connectivity index (χ2v) is 5.58. The molecule has 4 nitrogen and oxygen atoms in total. The molecular weight excluding hydrogens is 308 g/mol. The molecule has 0 bridgehead atoms. The van der Waals surface area contributed by atoms with Gasteiger partial charge in [0.05, 0.1) is 24.3 Å². The maximum absolute atomic E-state index is 5.71. The lowest BCUT2D eigenvalue weighted by Crippen LogP contribution is -2.40. The molecule has 1 aromatic carbocycles. The van der Waals surface area contributed by atoms with Gasteiger partial charge >= 0.3 is 0 Å². The Morgan fingerprint density at radius 3 is 3.00 bits per heavy atom. The van der Waals surface area contributed by atoms with Gasteiger partial charge in [0.25, 0.3) is 0 Å². The molecule has 0 amide bonds. The van der Waals surface area contributed by atoms with Crippen molar-refractivity contribution in [2.45, 2.75) is 12.5 Å². The van der Waals surface area contributed by atoms with Gasteiger partial charge in [-0.1, -0.05) is 0 Å². The Kier molecular flexibility index (Phi) is 5.48. The summed E-state index contributed by atoms with van der Waals surface area (Å²) in [5.41, 5.74) is 1.18. The molecule has 1 aromatic rings. The minimum Gasteiger partial charge on any atom is -0.496 e. The summed E-state index contributed by atoms with van der Waals surface area (Å²) in [7, 11) is 3.78. The summed E-state index contributed by atoms with van der Waals surface area (Å²) in [6.45, 7) is 3.73. The standard InChI is InChI=1S/C14H21BrN2O2/c1-17(7-5-12-10-16-6-8-19-12)11-3-4-14(18-2)13(15)9-11/h3-4,9,12,16H,5-8,10H2,1-2H3. The van der Waals surface area contributed by atoms with Crippen LogP contribution in [0.1, 0.15) is 6.42 Å². The molecule has 0 saturated carbocycles. The van der Waals surface area contributed by atoms with E-state index in [9.17, 15) is 0 Å². The van der Waals surface area contributed by atoms with Crippen LogP contribution in [0, 0.1) is 0 Å². The molecule has 1 saturated heterocycles. The number of methoxy groups -OCH3 is 1. The maximum atomic E-state index is 5.71. The monoisotopic (exact) mass is 328 g/mol. The summed E-state index contributed by atoms with van der Waals surface area (Å²) in [5, 5.41) is 3.35. The number of hydrogen-bond acceptors (Lipinski definition) is 4. The van der Waals surface area contributed by atoms with Crippen molar-refractivity contribution in [3.8, 4) is 5.75 Å². The highest BCUT2D eigenvalue weighted by atomic mass is 79.9. The smallest absolute Gasteiger partial charge is 0.133 e. The summed E-state index contributed by atoms with van der Waals surface area (Å²) in [6, 6.07) is 6.14. The number of anilines is 1. The molecule has 2 rings (SSSR count). The molecule has 1 fully saturated rings. The van der Waals surface area contributed by atoms with E-state index in [4.69, 9.17) is 9.47 Å². The fraction of sp³-hybridized carbons (Fsp3) is 0.571. The van der Waals surface area contributed by atoms with Gasteiger partial charge in [-0.3, -0.25) is 0 Å². The first-order chi connectivity index (χ1) is 9.20. The van der Waals surface area contributed by atoms with E-state index in [2.05, 4.69) is 45.3 Å². The van der Waals surface area contributed by atoms with E-state index in [1.54, 1.807) is 7.11 Å². The molecule has 0 aromatic heterocycles. The highest BCUT2D eigenvalue weighted by molar-refractivity contribution is 9.10. The molecule has 0 aliphatic carbocycles. The largest absolute Gasteiger partial charge is 0.496 e. The SMILES string of the molecule is COc1ccc(N(C)CCC2CNCCO2)cc1Br. The summed E-state index contributed by atoms with van der Waals surface area (Å²) < 4.78 is 11.9. The Hall–Kier alpha value is -0.780. The lowest BCUT2D eigenvalue weighted by Gasteiger charge is -2.27. The second kappa shape index (κ2) is 7.12. The Morgan fingerprint density at radius 1 is 1.53 bits per heavy atom. The topological polar surface area (TPSA) is 33.7 Å². The maximum Gasteiger partial charge on any atom is 0.133 e. The average Bonchev–Trinajstić information content (AvgIpc) is 2.45. The van der Waals surface area contributed by atoms with Gasteiger partial charge in [-0.05, 0) is 40.5 Å². The quantitative estimate of drug-likeness (QED) is 0.899. The van der Waals surface area contributed by atoms with Crippen molar-refractivity contribution >= 4 is 21.6 Å². The zero-order chi connectivity index (χ0) is 13.7. The van der Waals surface area contributed by atoms with Crippen LogP contribution in [0.25, 0.3) is 0 Å². The third-order valence-electron chi connectivity index (χ3n) is 3.37. The first-order valence-corrected chi connectivity index (χ1v) is 7.37. The van der Waals surface area contributed by atoms with E-state index < -0.39 is 0 Å². The first-order valence-electron chi connectivity index (χ1n) is 6.57. The molecule has 1 heterocycles. The van der Waals surface area contributed by atoms with Gasteiger partial charge in [0, 0.05) is 32.4 Å². The summed E-state index contributed by atoms with van der Waals surface area (Å²) >= 11 is 3.52. The predicted molar refractivity (Wildman–Crippen MR) is 81.2 cm³/mol. The highest BCUT2D eigenvalue weighted by Gasteiger charge is 2.14. The summed E-state index contributed by atoms with van der Waals surface area (Å²) in [4.78, 5) is 2.24. The molecule has 1 N–H and O–H groups in total. The zero-order valence-corrected chi connectivity index (χ0v) is 13.1. The third kappa shape index (κ3) is 4.09. The van der Waals surface area contributed by atoms with Crippen LogP contribution in [0.2, 0.25) is 0 Å². The number of halogens is 1. The molecular formula is C14H21BrN2O2. The molecule has 5 heteroatoms. The summed E-state index contributed by atoms with van der Waals surface area (Å²) in [6.07, 6.45) is 1.37. The van der Waals surface area contributed by atoms with Crippen molar-refractivity contribution in [3.63, 3.8) is 0 Å². The number of nitrogens with zero attached hydrogens (tertiary/aromatic N) is 1. The lowest BCUT2D eigenvalue weighted by atomic mass is 10.2. The molecule has 1 aliphatic rings. The van der Waals surface area contributed by atoms with Crippen LogP contribution >= 0.6 is 15.9 Å². The van der Waals surface area contributed by atoms with Gasteiger partial charge in [0.2, 0.25) is 0 Å². The number of morpholine rings is 1. The van der Waals surface area contributed by atoms with Gasteiger partial charge in [0.15, 0.2) is 0 Å². The van der Waals surface area contributed by atoms with E-state index in [1.165, 1.54) is 5.69 Å². The number of hydrogen-bond donors (Lipinski definition) is 1. The first kappa shape index (κ1) is 14.6. The summed E-state index contributed by atoms with van der Waals surface area (Å²) in [5.74, 6) is 0.858. The second-order valence-electron chi connectivity index (χ2n) is 4.73. The minimum absolute atomic E-state index is 0.331. The Morgan fingerprint density at radius 2 is 2.37 bits per heavy atom. The molecule has 0 spiro atoms. The fourth-order valence-corrected chi connectivity index (χ4v) is 2.69. The molecule has 1 aliphatic heterocycles. The number of ether oxygens (including phenoxy) is 2. The van der Waals surface area contributed by atoms with E-state index in [0.29, 0.717) is 6.10 Å². The minimum atomic E-state index is 0.331. The zero-order valence-electron chi connectivity index (χ0n) is 11.5. The van der Waals surface area contributed by atoms with Crippen LogP contribution in [0.4, 0.5) is 5.69 Å². The molecule has 19 heavy (non-hydrogen) atoms. The van der Waals surface area contributed by atoms with Crippen LogP contribution in [0.15, 0.2) is 22.7 Å². The van der Waals surface area contributed by atoms with Crippen LogP contribution in [-0.2, 0) is 4.74 Å².